The topological polar surface area (TPSA) is 81.7 Å². The summed E-state index contributed by atoms with van der Waals surface area (Å²) in [5.41, 5.74) is 10.2. The van der Waals surface area contributed by atoms with Gasteiger partial charge < -0.3 is 5.11 Å². The molecule has 2 heterocycles. The van der Waals surface area contributed by atoms with Gasteiger partial charge in [0.05, 0.1) is 24.2 Å². The van der Waals surface area contributed by atoms with E-state index in [0.29, 0.717) is 18.9 Å². The van der Waals surface area contributed by atoms with Gasteiger partial charge in [-0.3, -0.25) is 10.3 Å². The number of rotatable bonds is 7. The standard InChI is InChI=1S/C22H29N3O3S/c26-12-11-25(21-10-13-29(27,28)16-21)15-20-14-23-24-22(20)19-8-6-18(7-9-19)17-4-2-1-3-5-17/h1-9,20-24,26H,10-16H2. The second-order valence-electron chi connectivity index (χ2n) is 8.03. The van der Waals surface area contributed by atoms with Crippen LogP contribution in [0.3, 0.4) is 0 Å². The first-order chi connectivity index (χ1) is 14.1. The SMILES string of the molecule is O=S1(=O)CCC(N(CCO)CC2CNNC2c2ccc(-c3ccccc3)cc2)C1. The first kappa shape index (κ1) is 20.5. The maximum absolute atomic E-state index is 11.9. The van der Waals surface area contributed by atoms with E-state index in [1.807, 2.05) is 18.2 Å². The Kier molecular flexibility index (Phi) is 6.32. The zero-order chi connectivity index (χ0) is 20.3. The van der Waals surface area contributed by atoms with E-state index in [-0.39, 0.29) is 30.2 Å². The minimum absolute atomic E-state index is 0.00820. The number of hydrazine groups is 1. The molecule has 0 aliphatic carbocycles. The number of hydrogen-bond acceptors (Lipinski definition) is 6. The van der Waals surface area contributed by atoms with Crippen LogP contribution in [-0.2, 0) is 9.84 Å². The molecule has 29 heavy (non-hydrogen) atoms. The number of aliphatic hydroxyl groups is 1. The predicted molar refractivity (Wildman–Crippen MR) is 115 cm³/mol. The molecule has 2 fully saturated rings. The lowest BCUT2D eigenvalue weighted by atomic mass is 9.92. The smallest absolute Gasteiger partial charge is 0.151 e. The van der Waals surface area contributed by atoms with Crippen molar-refractivity contribution in [3.05, 3.63) is 60.2 Å². The summed E-state index contributed by atoms with van der Waals surface area (Å²) in [6.07, 6.45) is 0.659. The van der Waals surface area contributed by atoms with Crippen LogP contribution in [0.5, 0.6) is 0 Å². The number of nitrogens with zero attached hydrogens (tertiary/aromatic N) is 1. The molecule has 2 aromatic carbocycles. The molecule has 0 saturated carbocycles. The molecule has 3 N–H and O–H groups in total. The van der Waals surface area contributed by atoms with Crippen LogP contribution >= 0.6 is 0 Å². The monoisotopic (exact) mass is 415 g/mol. The van der Waals surface area contributed by atoms with Gasteiger partial charge >= 0.3 is 0 Å². The second-order valence-corrected chi connectivity index (χ2v) is 10.3. The Morgan fingerprint density at radius 3 is 2.41 bits per heavy atom. The Bertz CT molecular complexity index is 903. The Morgan fingerprint density at radius 2 is 1.76 bits per heavy atom. The van der Waals surface area contributed by atoms with Crippen molar-refractivity contribution in [3.8, 4) is 11.1 Å². The number of sulfone groups is 1. The lowest BCUT2D eigenvalue weighted by Crippen LogP contribution is -2.42. The Balaban J connectivity index is 1.46. The molecule has 3 atom stereocenters. The molecule has 2 aliphatic heterocycles. The minimum Gasteiger partial charge on any atom is -0.395 e. The van der Waals surface area contributed by atoms with Gasteiger partial charge in [-0.2, -0.15) is 0 Å². The van der Waals surface area contributed by atoms with Crippen molar-refractivity contribution in [2.24, 2.45) is 5.92 Å². The van der Waals surface area contributed by atoms with Gasteiger partial charge in [0.25, 0.3) is 0 Å². The molecule has 6 nitrogen and oxygen atoms in total. The van der Waals surface area contributed by atoms with E-state index < -0.39 is 9.84 Å². The molecule has 2 saturated heterocycles. The minimum atomic E-state index is -2.94. The maximum atomic E-state index is 11.9. The lowest BCUT2D eigenvalue weighted by Gasteiger charge is -2.31. The molecule has 0 aromatic heterocycles. The van der Waals surface area contributed by atoms with Crippen LogP contribution in [0.4, 0.5) is 0 Å². The van der Waals surface area contributed by atoms with Crippen molar-refractivity contribution in [3.63, 3.8) is 0 Å². The van der Waals surface area contributed by atoms with Crippen LogP contribution in [0.25, 0.3) is 11.1 Å². The molecule has 7 heteroatoms. The van der Waals surface area contributed by atoms with E-state index in [1.54, 1.807) is 0 Å². The van der Waals surface area contributed by atoms with Crippen LogP contribution in [-0.4, -0.2) is 62.2 Å². The summed E-state index contributed by atoms with van der Waals surface area (Å²) in [5.74, 6) is 0.759. The highest BCUT2D eigenvalue weighted by Gasteiger charge is 2.36. The number of benzene rings is 2. The van der Waals surface area contributed by atoms with Crippen LogP contribution in [0.2, 0.25) is 0 Å². The van der Waals surface area contributed by atoms with E-state index in [1.165, 1.54) is 16.7 Å². The fourth-order valence-electron chi connectivity index (χ4n) is 4.49. The second kappa shape index (κ2) is 8.93. The lowest BCUT2D eigenvalue weighted by molar-refractivity contribution is 0.138. The number of aliphatic hydroxyl groups excluding tert-OH is 1. The summed E-state index contributed by atoms with van der Waals surface area (Å²) in [4.78, 5) is 2.16. The van der Waals surface area contributed by atoms with Gasteiger partial charge in [-0.1, -0.05) is 54.6 Å². The summed E-state index contributed by atoms with van der Waals surface area (Å²) in [7, 11) is -2.94. The van der Waals surface area contributed by atoms with E-state index >= 15 is 0 Å². The molecule has 0 bridgehead atoms. The fraction of sp³-hybridized carbons (Fsp3) is 0.455. The van der Waals surface area contributed by atoms with Gasteiger partial charge in [0.1, 0.15) is 0 Å². The Labute approximate surface area is 172 Å². The molecular formula is C22H29N3O3S. The van der Waals surface area contributed by atoms with E-state index in [0.717, 1.165) is 13.1 Å². The van der Waals surface area contributed by atoms with E-state index in [9.17, 15) is 13.5 Å². The van der Waals surface area contributed by atoms with Gasteiger partial charge in [-0.15, -0.1) is 0 Å². The third-order valence-corrected chi connectivity index (χ3v) is 7.80. The van der Waals surface area contributed by atoms with E-state index in [2.05, 4.69) is 52.1 Å². The quantitative estimate of drug-likeness (QED) is 0.637. The molecule has 3 unspecified atom stereocenters. The van der Waals surface area contributed by atoms with Crippen LogP contribution in [0.1, 0.15) is 18.0 Å². The average Bonchev–Trinajstić information content (AvgIpc) is 3.34. The van der Waals surface area contributed by atoms with Gasteiger partial charge in [-0.05, 0) is 23.1 Å². The number of nitrogens with one attached hydrogen (secondary N) is 2. The van der Waals surface area contributed by atoms with Crippen molar-refractivity contribution in [1.29, 1.82) is 0 Å². The Morgan fingerprint density at radius 1 is 1.03 bits per heavy atom. The van der Waals surface area contributed by atoms with Gasteiger partial charge in [0, 0.05) is 31.6 Å². The summed E-state index contributed by atoms with van der Waals surface area (Å²) in [6, 6.07) is 19.1. The molecule has 2 aliphatic rings. The summed E-state index contributed by atoms with van der Waals surface area (Å²) >= 11 is 0. The van der Waals surface area contributed by atoms with Crippen molar-refractivity contribution in [2.45, 2.75) is 18.5 Å². The number of hydrogen-bond donors (Lipinski definition) is 3. The maximum Gasteiger partial charge on any atom is 0.151 e. The van der Waals surface area contributed by atoms with Crippen LogP contribution in [0.15, 0.2) is 54.6 Å². The van der Waals surface area contributed by atoms with Gasteiger partial charge in [0.15, 0.2) is 9.84 Å². The van der Waals surface area contributed by atoms with Crippen molar-refractivity contribution < 1.29 is 13.5 Å². The molecule has 0 radical (unpaired) electrons. The summed E-state index contributed by atoms with van der Waals surface area (Å²) in [6.45, 7) is 2.12. The summed E-state index contributed by atoms with van der Waals surface area (Å²) < 4.78 is 23.8. The molecule has 0 amide bonds. The molecular weight excluding hydrogens is 386 g/mol. The average molecular weight is 416 g/mol. The van der Waals surface area contributed by atoms with Gasteiger partial charge in [-0.25, -0.2) is 13.8 Å². The predicted octanol–water partition coefficient (Wildman–Crippen LogP) is 1.60. The third-order valence-electron chi connectivity index (χ3n) is 6.05. The zero-order valence-electron chi connectivity index (χ0n) is 16.5. The highest BCUT2D eigenvalue weighted by molar-refractivity contribution is 7.91. The Hall–Kier alpha value is -1.77. The van der Waals surface area contributed by atoms with Crippen LogP contribution < -0.4 is 10.9 Å². The third kappa shape index (κ3) is 4.87. The first-order valence-electron chi connectivity index (χ1n) is 10.2. The first-order valence-corrected chi connectivity index (χ1v) is 12.1. The summed E-state index contributed by atoms with van der Waals surface area (Å²) in [5, 5.41) is 9.50. The largest absolute Gasteiger partial charge is 0.395 e. The molecule has 156 valence electrons. The zero-order valence-corrected chi connectivity index (χ0v) is 17.3. The van der Waals surface area contributed by atoms with Gasteiger partial charge in [0.2, 0.25) is 0 Å². The van der Waals surface area contributed by atoms with Crippen molar-refractivity contribution >= 4 is 9.84 Å². The normalized spacial score (nSPS) is 26.2. The highest BCUT2D eigenvalue weighted by atomic mass is 32.2. The van der Waals surface area contributed by atoms with Crippen molar-refractivity contribution in [2.75, 3.05) is 37.7 Å². The molecule has 4 rings (SSSR count). The molecule has 2 aromatic rings. The molecule has 0 spiro atoms. The van der Waals surface area contributed by atoms with Crippen molar-refractivity contribution in [1.82, 2.24) is 15.8 Å². The highest BCUT2D eigenvalue weighted by Crippen LogP contribution is 2.29. The fourth-order valence-corrected chi connectivity index (χ4v) is 6.25. The van der Waals surface area contributed by atoms with Crippen LogP contribution in [0, 0.1) is 5.92 Å². The van der Waals surface area contributed by atoms with E-state index in [4.69, 9.17) is 0 Å².